The number of anilines is 1. The van der Waals surface area contributed by atoms with Crippen molar-refractivity contribution < 1.29 is 36.2 Å². The van der Waals surface area contributed by atoms with E-state index in [1.165, 1.54) is 11.8 Å². The maximum absolute atomic E-state index is 15.0. The fourth-order valence-electron chi connectivity index (χ4n) is 3.93. The monoisotopic (exact) mass is 515 g/mol. The summed E-state index contributed by atoms with van der Waals surface area (Å²) in [6.45, 7) is 1.42. The van der Waals surface area contributed by atoms with Crippen LogP contribution in [0.25, 0.3) is 16.9 Å². The average molecular weight is 515 g/mol. The molecule has 0 bridgehead atoms. The zero-order chi connectivity index (χ0) is 26.4. The third-order valence-corrected chi connectivity index (χ3v) is 5.75. The van der Waals surface area contributed by atoms with Gasteiger partial charge in [-0.3, -0.25) is 14.2 Å². The van der Waals surface area contributed by atoms with Crippen LogP contribution >= 0.6 is 0 Å². The molecule has 4 heterocycles. The average Bonchev–Trinajstić information content (AvgIpc) is 3.23. The molecule has 2 N–H and O–H groups in total. The van der Waals surface area contributed by atoms with Gasteiger partial charge in [0.25, 0.3) is 5.91 Å². The smallest absolute Gasteiger partial charge is 0.391 e. The van der Waals surface area contributed by atoms with Gasteiger partial charge in [0, 0.05) is 25.4 Å². The molecule has 8 nitrogen and oxygen atoms in total. The van der Waals surface area contributed by atoms with Crippen LogP contribution in [0.1, 0.15) is 30.1 Å². The van der Waals surface area contributed by atoms with E-state index < -0.39 is 70.3 Å². The molecule has 0 saturated carbocycles. The third-order valence-electron chi connectivity index (χ3n) is 5.75. The van der Waals surface area contributed by atoms with Gasteiger partial charge in [-0.05, 0) is 18.9 Å². The number of β-amino-alcohol motifs (C(OH)–C–C–N with tert-alkyl or cyclic N) is 1. The number of fused-ring (bicyclic) bond motifs is 1. The molecule has 14 heteroatoms. The summed E-state index contributed by atoms with van der Waals surface area (Å²) in [4.78, 5) is 34.9. The van der Waals surface area contributed by atoms with Crippen LogP contribution < -0.4 is 15.6 Å². The number of nitrogens with one attached hydrogen (secondary N) is 1. The number of aliphatic hydroxyl groups is 1. The summed E-state index contributed by atoms with van der Waals surface area (Å²) in [5, 5.41) is 10.9. The number of nitrogens with zero attached hydrogens (tertiary/aromatic N) is 4. The summed E-state index contributed by atoms with van der Waals surface area (Å²) in [7, 11) is 0. The van der Waals surface area contributed by atoms with E-state index in [4.69, 9.17) is 0 Å². The molecule has 2 atom stereocenters. The minimum absolute atomic E-state index is 0.0269. The highest BCUT2D eigenvalue weighted by atomic mass is 19.4. The molecule has 0 aromatic carbocycles. The quantitative estimate of drug-likeness (QED) is 0.507. The molecule has 36 heavy (non-hydrogen) atoms. The fraction of sp³-hybridized carbons (Fsp3) is 0.364. The molecule has 4 rings (SSSR count). The summed E-state index contributed by atoms with van der Waals surface area (Å²) in [6.07, 6.45) is -4.43. The lowest BCUT2D eigenvalue weighted by molar-refractivity contribution is -0.153. The Morgan fingerprint density at radius 1 is 1.22 bits per heavy atom. The molecular weight excluding hydrogens is 496 g/mol. The van der Waals surface area contributed by atoms with Crippen LogP contribution in [0.2, 0.25) is 0 Å². The normalized spacial score (nSPS) is 17.0. The maximum Gasteiger partial charge on any atom is 0.408 e. The van der Waals surface area contributed by atoms with Crippen LogP contribution in [-0.2, 0) is 0 Å². The van der Waals surface area contributed by atoms with Crippen molar-refractivity contribution in [3.8, 4) is 5.82 Å². The highest BCUT2D eigenvalue weighted by Gasteiger charge is 2.40. The van der Waals surface area contributed by atoms with Crippen LogP contribution in [0.5, 0.6) is 0 Å². The van der Waals surface area contributed by atoms with E-state index in [0.717, 1.165) is 16.8 Å². The van der Waals surface area contributed by atoms with E-state index in [0.29, 0.717) is 18.7 Å². The first kappa shape index (κ1) is 25.4. The largest absolute Gasteiger partial charge is 0.408 e. The first-order chi connectivity index (χ1) is 16.9. The summed E-state index contributed by atoms with van der Waals surface area (Å²) in [6, 6.07) is -1.10. The summed E-state index contributed by atoms with van der Waals surface area (Å²) >= 11 is 0. The summed E-state index contributed by atoms with van der Waals surface area (Å²) in [5.41, 5.74) is -2.39. The standard InChI is InChI=1S/C22H19F6N5O3/c1-2-16(22(26,27)28)30-21(36)13-9-33(19-14(24)5-10(23)7-29-19)18-12(17(13)35)6-15(25)20(31-18)32-4-3-11(34)8-32/h5-7,9,11,16,34H,2-4,8H2,1H3,(H,30,36). The fourth-order valence-corrected chi connectivity index (χ4v) is 3.93. The van der Waals surface area contributed by atoms with Gasteiger partial charge in [-0.15, -0.1) is 0 Å². The molecule has 1 aliphatic rings. The van der Waals surface area contributed by atoms with Crippen molar-refractivity contribution in [2.75, 3.05) is 18.0 Å². The number of aliphatic hydroxyl groups excluding tert-OH is 1. The van der Waals surface area contributed by atoms with Crippen molar-refractivity contribution in [2.24, 2.45) is 0 Å². The van der Waals surface area contributed by atoms with E-state index in [2.05, 4.69) is 9.97 Å². The number of carbonyl (C=O) groups excluding carboxylic acids is 1. The maximum atomic E-state index is 15.0. The molecule has 2 unspecified atom stereocenters. The molecule has 1 saturated heterocycles. The number of carbonyl (C=O) groups is 1. The predicted octanol–water partition coefficient (Wildman–Crippen LogP) is 2.84. The number of aromatic nitrogens is 3. The molecule has 192 valence electrons. The Bertz CT molecular complexity index is 1390. The molecule has 1 fully saturated rings. The van der Waals surface area contributed by atoms with Gasteiger partial charge in [0.1, 0.15) is 17.4 Å². The number of halogens is 6. The van der Waals surface area contributed by atoms with Crippen molar-refractivity contribution in [2.45, 2.75) is 38.1 Å². The van der Waals surface area contributed by atoms with Crippen molar-refractivity contribution in [1.82, 2.24) is 19.9 Å². The highest BCUT2D eigenvalue weighted by molar-refractivity contribution is 5.97. The number of pyridine rings is 3. The minimum atomic E-state index is -4.81. The molecule has 0 spiro atoms. The predicted molar refractivity (Wildman–Crippen MR) is 115 cm³/mol. The number of hydrogen-bond acceptors (Lipinski definition) is 6. The molecule has 3 aromatic rings. The molecule has 1 amide bonds. The van der Waals surface area contributed by atoms with Crippen LogP contribution in [0, 0.1) is 17.5 Å². The first-order valence-corrected chi connectivity index (χ1v) is 10.8. The topological polar surface area (TPSA) is 100 Å². The lowest BCUT2D eigenvalue weighted by atomic mass is 10.1. The van der Waals surface area contributed by atoms with Gasteiger partial charge in [-0.2, -0.15) is 13.2 Å². The van der Waals surface area contributed by atoms with Gasteiger partial charge < -0.3 is 15.3 Å². The second-order valence-corrected chi connectivity index (χ2v) is 8.23. The molecular formula is C22H19F6N5O3. The van der Waals surface area contributed by atoms with E-state index in [1.54, 1.807) is 5.32 Å². The third kappa shape index (κ3) is 4.72. The number of amides is 1. The van der Waals surface area contributed by atoms with Gasteiger partial charge in [-0.1, -0.05) is 6.92 Å². The van der Waals surface area contributed by atoms with Crippen LogP contribution in [0.15, 0.2) is 29.3 Å². The Labute approximate surface area is 199 Å². The Morgan fingerprint density at radius 2 is 1.92 bits per heavy atom. The number of rotatable bonds is 5. The van der Waals surface area contributed by atoms with Gasteiger partial charge >= 0.3 is 6.18 Å². The summed E-state index contributed by atoms with van der Waals surface area (Å²) in [5.74, 6) is -5.64. The molecule has 3 aromatic heterocycles. The van der Waals surface area contributed by atoms with E-state index in [-0.39, 0.29) is 24.6 Å². The van der Waals surface area contributed by atoms with Gasteiger partial charge in [0.05, 0.1) is 17.7 Å². The lowest BCUT2D eigenvalue weighted by Crippen LogP contribution is -2.46. The minimum Gasteiger partial charge on any atom is -0.391 e. The van der Waals surface area contributed by atoms with E-state index >= 15 is 0 Å². The zero-order valence-corrected chi connectivity index (χ0v) is 18.6. The second-order valence-electron chi connectivity index (χ2n) is 8.23. The molecule has 0 aliphatic carbocycles. The molecule has 0 radical (unpaired) electrons. The van der Waals surface area contributed by atoms with Crippen molar-refractivity contribution >= 4 is 22.8 Å². The lowest BCUT2D eigenvalue weighted by Gasteiger charge is -2.21. The van der Waals surface area contributed by atoms with Gasteiger partial charge in [-0.25, -0.2) is 23.1 Å². The van der Waals surface area contributed by atoms with E-state index in [1.807, 2.05) is 0 Å². The van der Waals surface area contributed by atoms with E-state index in [9.17, 15) is 41.0 Å². The Morgan fingerprint density at radius 3 is 2.50 bits per heavy atom. The van der Waals surface area contributed by atoms with Crippen molar-refractivity contribution in [3.63, 3.8) is 0 Å². The number of alkyl halides is 3. The number of hydrogen-bond donors (Lipinski definition) is 2. The van der Waals surface area contributed by atoms with Crippen molar-refractivity contribution in [1.29, 1.82) is 0 Å². The SMILES string of the molecule is CCC(NC(=O)c1cn(-c2ncc(F)cc2F)c2nc(N3CCC(O)C3)c(F)cc2c1=O)C(F)(F)F. The second kappa shape index (κ2) is 9.41. The molecule has 1 aliphatic heterocycles. The van der Waals surface area contributed by atoms with Gasteiger partial charge in [0.15, 0.2) is 28.9 Å². The van der Waals surface area contributed by atoms with Crippen LogP contribution in [0.3, 0.4) is 0 Å². The first-order valence-electron chi connectivity index (χ1n) is 10.8. The Kier molecular flexibility index (Phi) is 6.64. The summed E-state index contributed by atoms with van der Waals surface area (Å²) < 4.78 is 83.4. The Balaban J connectivity index is 1.95. The van der Waals surface area contributed by atoms with Crippen molar-refractivity contribution in [3.05, 3.63) is 57.8 Å². The van der Waals surface area contributed by atoms with Crippen LogP contribution in [-0.4, -0.2) is 57.0 Å². The Hall–Kier alpha value is -3.68. The van der Waals surface area contributed by atoms with Crippen LogP contribution in [0.4, 0.5) is 32.2 Å². The van der Waals surface area contributed by atoms with Gasteiger partial charge in [0.2, 0.25) is 5.43 Å². The highest BCUT2D eigenvalue weighted by Crippen LogP contribution is 2.27. The zero-order valence-electron chi connectivity index (χ0n) is 18.6.